The van der Waals surface area contributed by atoms with E-state index in [0.717, 1.165) is 22.4 Å². The molecule has 0 saturated heterocycles. The third-order valence-corrected chi connectivity index (χ3v) is 5.83. The minimum absolute atomic E-state index is 0. The van der Waals surface area contributed by atoms with Crippen molar-refractivity contribution in [3.05, 3.63) is 53.1 Å². The summed E-state index contributed by atoms with van der Waals surface area (Å²) in [5.41, 5.74) is 1.04. The lowest BCUT2D eigenvalue weighted by Crippen LogP contribution is -2.36. The fourth-order valence-electron chi connectivity index (χ4n) is 2.92. The molecule has 0 saturated carbocycles. The number of halogens is 4. The van der Waals surface area contributed by atoms with E-state index < -0.39 is 17.6 Å². The number of methoxy groups -OCH3 is 1. The third-order valence-electron chi connectivity index (χ3n) is 4.62. The average Bonchev–Trinajstić information content (AvgIpc) is 3.13. The molecule has 10 heteroatoms. The number of fused-ring (bicyclic) bond motifs is 1. The molecular formula is C21H23ClF3N3O2S. The molecule has 3 rings (SSSR count). The van der Waals surface area contributed by atoms with E-state index in [9.17, 15) is 18.0 Å². The van der Waals surface area contributed by atoms with E-state index in [1.807, 2.05) is 38.1 Å². The number of amides is 1. The van der Waals surface area contributed by atoms with Crippen LogP contribution in [0.5, 0.6) is 5.75 Å². The monoisotopic (exact) mass is 473 g/mol. The maximum absolute atomic E-state index is 13.2. The molecule has 5 nitrogen and oxygen atoms in total. The lowest BCUT2D eigenvalue weighted by molar-refractivity contribution is -0.137. The van der Waals surface area contributed by atoms with Crippen molar-refractivity contribution in [3.63, 3.8) is 0 Å². The fourth-order valence-corrected chi connectivity index (χ4v) is 4.00. The Hall–Kier alpha value is -2.36. The standard InChI is InChI=1S/C21H22F3N3O2S.ClH/c1-13-5-10-16(29-4)17-18(13)30-20(25-17)27(12-11-26(2)3)19(28)14-6-8-15(9-7-14)21(22,23)24;/h5-10H,11-12H2,1-4H3;1H. The average molecular weight is 474 g/mol. The lowest BCUT2D eigenvalue weighted by atomic mass is 10.1. The number of carbonyl (C=O) groups is 1. The highest BCUT2D eigenvalue weighted by Gasteiger charge is 2.31. The molecule has 0 fully saturated rings. The van der Waals surface area contributed by atoms with Crippen LogP contribution in [0.25, 0.3) is 10.2 Å². The van der Waals surface area contributed by atoms with Gasteiger partial charge in [-0.15, -0.1) is 12.4 Å². The zero-order valence-corrected chi connectivity index (χ0v) is 19.1. The van der Waals surface area contributed by atoms with Crippen molar-refractivity contribution < 1.29 is 22.7 Å². The minimum atomic E-state index is -4.45. The zero-order valence-electron chi connectivity index (χ0n) is 17.5. The van der Waals surface area contributed by atoms with Crippen LogP contribution in [0.4, 0.5) is 18.3 Å². The molecule has 31 heavy (non-hydrogen) atoms. The molecule has 0 N–H and O–H groups in total. The van der Waals surface area contributed by atoms with Gasteiger partial charge < -0.3 is 9.64 Å². The number of aryl methyl sites for hydroxylation is 1. The van der Waals surface area contributed by atoms with Gasteiger partial charge in [0, 0.05) is 18.7 Å². The Morgan fingerprint density at radius 2 is 1.74 bits per heavy atom. The number of hydrogen-bond donors (Lipinski definition) is 0. The lowest BCUT2D eigenvalue weighted by Gasteiger charge is -2.22. The van der Waals surface area contributed by atoms with Crippen molar-refractivity contribution in [2.24, 2.45) is 0 Å². The van der Waals surface area contributed by atoms with Gasteiger partial charge in [-0.1, -0.05) is 17.4 Å². The summed E-state index contributed by atoms with van der Waals surface area (Å²) in [6.45, 7) is 2.86. The van der Waals surface area contributed by atoms with Gasteiger partial charge in [0.15, 0.2) is 5.13 Å². The van der Waals surface area contributed by atoms with Gasteiger partial charge in [-0.25, -0.2) is 4.98 Å². The number of thiazole rings is 1. The molecule has 3 aromatic rings. The minimum Gasteiger partial charge on any atom is -0.494 e. The zero-order chi connectivity index (χ0) is 22.1. The summed E-state index contributed by atoms with van der Waals surface area (Å²) in [5, 5.41) is 0.476. The summed E-state index contributed by atoms with van der Waals surface area (Å²) < 4.78 is 44.9. The van der Waals surface area contributed by atoms with Gasteiger partial charge in [-0.05, 0) is 56.9 Å². The Labute approximate surface area is 188 Å². The SMILES string of the molecule is COc1ccc(C)c2sc(N(CCN(C)C)C(=O)c3ccc(C(F)(F)F)cc3)nc12.Cl. The largest absolute Gasteiger partial charge is 0.494 e. The van der Waals surface area contributed by atoms with E-state index >= 15 is 0 Å². The number of ether oxygens (including phenoxy) is 1. The number of rotatable bonds is 6. The predicted molar refractivity (Wildman–Crippen MR) is 120 cm³/mol. The summed E-state index contributed by atoms with van der Waals surface area (Å²) in [5.74, 6) is 0.203. The van der Waals surface area contributed by atoms with Crippen molar-refractivity contribution in [2.45, 2.75) is 13.1 Å². The van der Waals surface area contributed by atoms with Crippen LogP contribution in [-0.2, 0) is 6.18 Å². The number of carbonyl (C=O) groups excluding carboxylic acids is 1. The topological polar surface area (TPSA) is 45.7 Å². The van der Waals surface area contributed by atoms with Crippen molar-refractivity contribution in [2.75, 3.05) is 39.2 Å². The summed E-state index contributed by atoms with van der Waals surface area (Å²) in [4.78, 5) is 21.3. The number of hydrogen-bond acceptors (Lipinski definition) is 5. The number of benzene rings is 2. The third kappa shape index (κ3) is 5.47. The van der Waals surface area contributed by atoms with Crippen LogP contribution < -0.4 is 9.64 Å². The van der Waals surface area contributed by atoms with Crippen molar-refractivity contribution >= 4 is 45.0 Å². The second kappa shape index (κ2) is 9.84. The summed E-state index contributed by atoms with van der Waals surface area (Å²) in [7, 11) is 5.32. The van der Waals surface area contributed by atoms with E-state index in [0.29, 0.717) is 29.5 Å². The first-order chi connectivity index (χ1) is 14.1. The highest BCUT2D eigenvalue weighted by molar-refractivity contribution is 7.22. The molecule has 0 aliphatic heterocycles. The van der Waals surface area contributed by atoms with Gasteiger partial charge in [-0.2, -0.15) is 13.2 Å². The first-order valence-corrected chi connectivity index (χ1v) is 10.0. The Balaban J connectivity index is 0.00000341. The van der Waals surface area contributed by atoms with Gasteiger partial charge in [0.05, 0.1) is 17.4 Å². The summed E-state index contributed by atoms with van der Waals surface area (Å²) in [6.07, 6.45) is -4.45. The molecule has 0 radical (unpaired) electrons. The number of likely N-dealkylation sites (N-methyl/N-ethyl adjacent to an activating group) is 1. The molecule has 168 valence electrons. The molecule has 1 aromatic heterocycles. The molecule has 0 spiro atoms. The van der Waals surface area contributed by atoms with Gasteiger partial charge in [0.2, 0.25) is 0 Å². The van der Waals surface area contributed by atoms with Gasteiger partial charge >= 0.3 is 6.18 Å². The Kier molecular flexibility index (Phi) is 7.91. The Morgan fingerprint density at radius 3 is 2.29 bits per heavy atom. The molecule has 1 heterocycles. The van der Waals surface area contributed by atoms with Crippen LogP contribution in [0.3, 0.4) is 0 Å². The molecular weight excluding hydrogens is 451 g/mol. The normalized spacial score (nSPS) is 11.5. The Bertz CT molecular complexity index is 1050. The molecule has 1 amide bonds. The highest BCUT2D eigenvalue weighted by atomic mass is 35.5. The summed E-state index contributed by atoms with van der Waals surface area (Å²) >= 11 is 1.36. The number of alkyl halides is 3. The van der Waals surface area contributed by atoms with Crippen molar-refractivity contribution in [1.29, 1.82) is 0 Å². The maximum Gasteiger partial charge on any atom is 0.416 e. The Morgan fingerprint density at radius 1 is 1.10 bits per heavy atom. The molecule has 0 unspecified atom stereocenters. The molecule has 0 aliphatic rings. The molecule has 0 aliphatic carbocycles. The van der Waals surface area contributed by atoms with E-state index in [-0.39, 0.29) is 18.0 Å². The maximum atomic E-state index is 13.2. The van der Waals surface area contributed by atoms with E-state index in [1.54, 1.807) is 7.11 Å². The van der Waals surface area contributed by atoms with E-state index in [2.05, 4.69) is 4.98 Å². The van der Waals surface area contributed by atoms with Crippen LogP contribution in [0.2, 0.25) is 0 Å². The van der Waals surface area contributed by atoms with Crippen LogP contribution in [0.15, 0.2) is 36.4 Å². The van der Waals surface area contributed by atoms with Crippen LogP contribution in [0, 0.1) is 6.92 Å². The van der Waals surface area contributed by atoms with Gasteiger partial charge in [0.25, 0.3) is 5.91 Å². The quantitative estimate of drug-likeness (QED) is 0.489. The molecule has 2 aromatic carbocycles. The summed E-state index contributed by atoms with van der Waals surface area (Å²) in [6, 6.07) is 7.99. The molecule has 0 bridgehead atoms. The van der Waals surface area contributed by atoms with Crippen LogP contribution in [-0.4, -0.2) is 50.1 Å². The number of anilines is 1. The smallest absolute Gasteiger partial charge is 0.416 e. The second-order valence-corrected chi connectivity index (χ2v) is 8.07. The van der Waals surface area contributed by atoms with Gasteiger partial charge in [-0.3, -0.25) is 9.69 Å². The van der Waals surface area contributed by atoms with Crippen molar-refractivity contribution in [1.82, 2.24) is 9.88 Å². The van der Waals surface area contributed by atoms with Crippen molar-refractivity contribution in [3.8, 4) is 5.75 Å². The van der Waals surface area contributed by atoms with Crippen LogP contribution in [0.1, 0.15) is 21.5 Å². The van der Waals surface area contributed by atoms with Gasteiger partial charge in [0.1, 0.15) is 11.3 Å². The van der Waals surface area contributed by atoms with E-state index in [4.69, 9.17) is 4.74 Å². The number of aromatic nitrogens is 1. The molecule has 0 atom stereocenters. The second-order valence-electron chi connectivity index (χ2n) is 7.09. The van der Waals surface area contributed by atoms with E-state index in [1.165, 1.54) is 28.4 Å². The predicted octanol–water partition coefficient (Wildman–Crippen LogP) is 5.26. The highest BCUT2D eigenvalue weighted by Crippen LogP contribution is 2.37. The fraction of sp³-hybridized carbons (Fsp3) is 0.333. The van der Waals surface area contributed by atoms with Crippen LogP contribution >= 0.6 is 23.7 Å². The first-order valence-electron chi connectivity index (χ1n) is 9.20. The number of nitrogens with zero attached hydrogens (tertiary/aromatic N) is 3. The first kappa shape index (κ1) is 24.9.